The van der Waals surface area contributed by atoms with Gasteiger partial charge in [0.2, 0.25) is 0 Å². The number of Topliss-reactive ketones (excluding diaryl/α,β-unsaturated/α-hetero) is 1. The summed E-state index contributed by atoms with van der Waals surface area (Å²) in [5.74, 6) is 0.0969. The van der Waals surface area contributed by atoms with Gasteiger partial charge < -0.3 is 0 Å². The summed E-state index contributed by atoms with van der Waals surface area (Å²) in [5, 5.41) is 5.20. The molecule has 4 nitrogen and oxygen atoms in total. The van der Waals surface area contributed by atoms with Gasteiger partial charge in [-0.2, -0.15) is 5.10 Å². The zero-order chi connectivity index (χ0) is 15.0. The average molecular weight is 279 g/mol. The minimum atomic E-state index is 0.0969. The van der Waals surface area contributed by atoms with Crippen LogP contribution in [0.25, 0.3) is 10.9 Å². The smallest absolute Gasteiger partial charge is 0.169 e. The van der Waals surface area contributed by atoms with E-state index in [1.165, 1.54) is 0 Å². The topological polar surface area (TPSA) is 47.8 Å². The number of pyridine rings is 1. The van der Waals surface area contributed by atoms with E-state index in [0.717, 1.165) is 33.5 Å². The standard InChI is InChI=1S/C17H17N3O/c1-11-9-15(14-6-4-5-7-16(14)18-11)17(21)10-13-8-12(2)19-20(13)3/h4-9H,10H2,1-3H3. The Kier molecular flexibility index (Phi) is 3.29. The van der Waals surface area contributed by atoms with Gasteiger partial charge in [-0.05, 0) is 32.0 Å². The third-order valence-electron chi connectivity index (χ3n) is 3.59. The van der Waals surface area contributed by atoms with Crippen molar-refractivity contribution in [3.8, 4) is 0 Å². The molecule has 0 saturated heterocycles. The molecule has 0 saturated carbocycles. The van der Waals surface area contributed by atoms with Crippen molar-refractivity contribution in [3.05, 3.63) is 59.0 Å². The maximum Gasteiger partial charge on any atom is 0.169 e. The summed E-state index contributed by atoms with van der Waals surface area (Å²) in [7, 11) is 1.87. The zero-order valence-electron chi connectivity index (χ0n) is 12.4. The van der Waals surface area contributed by atoms with Crippen molar-refractivity contribution in [1.29, 1.82) is 0 Å². The number of aryl methyl sites for hydroxylation is 3. The molecule has 106 valence electrons. The number of para-hydroxylation sites is 1. The minimum Gasteiger partial charge on any atom is -0.294 e. The molecule has 0 aliphatic rings. The van der Waals surface area contributed by atoms with Crippen molar-refractivity contribution < 1.29 is 4.79 Å². The molecule has 0 aliphatic carbocycles. The lowest BCUT2D eigenvalue weighted by molar-refractivity contribution is 0.0992. The number of hydrogen-bond acceptors (Lipinski definition) is 3. The Morgan fingerprint density at radius 2 is 1.90 bits per heavy atom. The van der Waals surface area contributed by atoms with Gasteiger partial charge in [-0.3, -0.25) is 14.5 Å². The molecule has 0 aliphatic heterocycles. The predicted molar refractivity (Wildman–Crippen MR) is 82.5 cm³/mol. The SMILES string of the molecule is Cc1cc(C(=O)Cc2cc(C)nn2C)c2ccccc2n1. The Bertz CT molecular complexity index is 833. The van der Waals surface area contributed by atoms with Crippen molar-refractivity contribution in [2.75, 3.05) is 0 Å². The fraction of sp³-hybridized carbons (Fsp3) is 0.235. The number of carbonyl (C=O) groups is 1. The monoisotopic (exact) mass is 279 g/mol. The first-order chi connectivity index (χ1) is 10.0. The lowest BCUT2D eigenvalue weighted by atomic mass is 10.0. The summed E-state index contributed by atoms with van der Waals surface area (Å²) >= 11 is 0. The van der Waals surface area contributed by atoms with Crippen LogP contribution in [0.15, 0.2) is 36.4 Å². The summed E-state index contributed by atoms with van der Waals surface area (Å²) in [6.07, 6.45) is 0.352. The van der Waals surface area contributed by atoms with Crippen LogP contribution in [0, 0.1) is 13.8 Å². The van der Waals surface area contributed by atoms with Gasteiger partial charge in [-0.15, -0.1) is 0 Å². The Morgan fingerprint density at radius 1 is 1.14 bits per heavy atom. The Labute approximate surface area is 123 Å². The van der Waals surface area contributed by atoms with E-state index in [-0.39, 0.29) is 5.78 Å². The molecule has 0 N–H and O–H groups in total. The number of aromatic nitrogens is 3. The molecule has 3 rings (SSSR count). The molecule has 0 amide bonds. The van der Waals surface area contributed by atoms with Crippen molar-refractivity contribution in [2.45, 2.75) is 20.3 Å². The van der Waals surface area contributed by atoms with Gasteiger partial charge in [-0.1, -0.05) is 18.2 Å². The highest BCUT2D eigenvalue weighted by atomic mass is 16.1. The summed E-state index contributed by atoms with van der Waals surface area (Å²) < 4.78 is 1.77. The molecule has 0 atom stereocenters. The molecule has 2 heterocycles. The number of hydrogen-bond donors (Lipinski definition) is 0. The molecule has 0 unspecified atom stereocenters. The van der Waals surface area contributed by atoms with Crippen LogP contribution in [0.5, 0.6) is 0 Å². The number of nitrogens with zero attached hydrogens (tertiary/aromatic N) is 3. The van der Waals surface area contributed by atoms with Gasteiger partial charge in [0.05, 0.1) is 17.6 Å². The average Bonchev–Trinajstić information content (AvgIpc) is 2.75. The highest BCUT2D eigenvalue weighted by molar-refractivity contribution is 6.08. The summed E-state index contributed by atoms with van der Waals surface area (Å²) in [5.41, 5.74) is 4.31. The summed E-state index contributed by atoms with van der Waals surface area (Å²) in [4.78, 5) is 17.2. The molecule has 2 aromatic heterocycles. The second kappa shape index (κ2) is 5.13. The van der Waals surface area contributed by atoms with Crippen LogP contribution < -0.4 is 0 Å². The van der Waals surface area contributed by atoms with Crippen molar-refractivity contribution in [1.82, 2.24) is 14.8 Å². The van der Waals surface area contributed by atoms with Crippen LogP contribution in [0.4, 0.5) is 0 Å². The number of rotatable bonds is 3. The molecule has 3 aromatic rings. The highest BCUT2D eigenvalue weighted by Gasteiger charge is 2.14. The van der Waals surface area contributed by atoms with Crippen LogP contribution in [0.2, 0.25) is 0 Å². The van der Waals surface area contributed by atoms with Crippen LogP contribution in [-0.4, -0.2) is 20.5 Å². The second-order valence-corrected chi connectivity index (χ2v) is 5.33. The molecule has 0 bridgehead atoms. The first-order valence-corrected chi connectivity index (χ1v) is 6.93. The molecule has 0 radical (unpaired) electrons. The Hall–Kier alpha value is -2.49. The van der Waals surface area contributed by atoms with Gasteiger partial charge >= 0.3 is 0 Å². The number of benzene rings is 1. The Balaban J connectivity index is 2.03. The maximum absolute atomic E-state index is 12.7. The molecular formula is C17H17N3O. The third-order valence-corrected chi connectivity index (χ3v) is 3.59. The first-order valence-electron chi connectivity index (χ1n) is 6.93. The minimum absolute atomic E-state index is 0.0969. The van der Waals surface area contributed by atoms with Crippen LogP contribution in [0.3, 0.4) is 0 Å². The van der Waals surface area contributed by atoms with E-state index in [9.17, 15) is 4.79 Å². The van der Waals surface area contributed by atoms with Gasteiger partial charge in [0.1, 0.15) is 0 Å². The lowest BCUT2D eigenvalue weighted by Gasteiger charge is -2.07. The molecule has 0 spiro atoms. The Morgan fingerprint density at radius 3 is 2.62 bits per heavy atom. The van der Waals surface area contributed by atoms with E-state index in [2.05, 4.69) is 10.1 Å². The molecule has 1 aromatic carbocycles. The van der Waals surface area contributed by atoms with E-state index in [4.69, 9.17) is 0 Å². The summed E-state index contributed by atoms with van der Waals surface area (Å²) in [6.45, 7) is 3.84. The van der Waals surface area contributed by atoms with E-state index in [0.29, 0.717) is 6.42 Å². The zero-order valence-corrected chi connectivity index (χ0v) is 12.4. The molecule has 4 heteroatoms. The predicted octanol–water partition coefficient (Wildman–Crippen LogP) is 3.01. The van der Waals surface area contributed by atoms with Crippen LogP contribution in [-0.2, 0) is 13.5 Å². The van der Waals surface area contributed by atoms with Gasteiger partial charge in [0.15, 0.2) is 5.78 Å². The maximum atomic E-state index is 12.7. The largest absolute Gasteiger partial charge is 0.294 e. The van der Waals surface area contributed by atoms with Gasteiger partial charge in [0.25, 0.3) is 0 Å². The van der Waals surface area contributed by atoms with Gasteiger partial charge in [0, 0.05) is 29.4 Å². The van der Waals surface area contributed by atoms with Crippen molar-refractivity contribution >= 4 is 16.7 Å². The lowest BCUT2D eigenvalue weighted by Crippen LogP contribution is -2.09. The first kappa shape index (κ1) is 13.5. The van der Waals surface area contributed by atoms with Crippen molar-refractivity contribution in [3.63, 3.8) is 0 Å². The fourth-order valence-electron chi connectivity index (χ4n) is 2.63. The summed E-state index contributed by atoms with van der Waals surface area (Å²) in [6, 6.07) is 11.6. The van der Waals surface area contributed by atoms with E-state index >= 15 is 0 Å². The number of carbonyl (C=O) groups excluding carboxylic acids is 1. The quantitative estimate of drug-likeness (QED) is 0.692. The highest BCUT2D eigenvalue weighted by Crippen LogP contribution is 2.20. The van der Waals surface area contributed by atoms with E-state index in [1.54, 1.807) is 4.68 Å². The third kappa shape index (κ3) is 2.57. The normalized spacial score (nSPS) is 11.0. The fourth-order valence-corrected chi connectivity index (χ4v) is 2.63. The van der Waals surface area contributed by atoms with E-state index < -0.39 is 0 Å². The van der Waals surface area contributed by atoms with Crippen LogP contribution >= 0.6 is 0 Å². The second-order valence-electron chi connectivity index (χ2n) is 5.33. The van der Waals surface area contributed by atoms with Crippen LogP contribution in [0.1, 0.15) is 27.4 Å². The van der Waals surface area contributed by atoms with E-state index in [1.807, 2.05) is 57.3 Å². The van der Waals surface area contributed by atoms with Crippen molar-refractivity contribution in [2.24, 2.45) is 7.05 Å². The van der Waals surface area contributed by atoms with Gasteiger partial charge in [-0.25, -0.2) is 0 Å². The molecule has 21 heavy (non-hydrogen) atoms. The number of fused-ring (bicyclic) bond motifs is 1. The molecule has 0 fully saturated rings. The molecular weight excluding hydrogens is 262 g/mol. The number of ketones is 1.